The third-order valence-electron chi connectivity index (χ3n) is 3.62. The van der Waals surface area contributed by atoms with E-state index in [4.69, 9.17) is 4.74 Å². The summed E-state index contributed by atoms with van der Waals surface area (Å²) in [5, 5.41) is 12.8. The fourth-order valence-corrected chi connectivity index (χ4v) is 3.26. The molecule has 23 heavy (non-hydrogen) atoms. The quantitative estimate of drug-likeness (QED) is 0.671. The molecule has 0 aliphatic rings. The number of nitrogens with zero attached hydrogens (tertiary/aromatic N) is 4. The zero-order valence-corrected chi connectivity index (χ0v) is 14.2. The Morgan fingerprint density at radius 2 is 1.96 bits per heavy atom. The number of tetrazole rings is 1. The topological polar surface area (TPSA) is 52.8 Å². The van der Waals surface area contributed by atoms with Crippen molar-refractivity contribution in [2.24, 2.45) is 0 Å². The Bertz CT molecular complexity index is 816. The lowest BCUT2D eigenvalue weighted by Crippen LogP contribution is -2.02. The van der Waals surface area contributed by atoms with Gasteiger partial charge in [0, 0.05) is 5.75 Å². The summed E-state index contributed by atoms with van der Waals surface area (Å²) in [7, 11) is 1.65. The third-order valence-corrected chi connectivity index (χ3v) is 4.59. The molecule has 0 amide bonds. The highest BCUT2D eigenvalue weighted by Gasteiger charge is 2.14. The van der Waals surface area contributed by atoms with Crippen LogP contribution >= 0.6 is 11.8 Å². The molecule has 0 atom stereocenters. The van der Waals surface area contributed by atoms with Crippen molar-refractivity contribution in [3.8, 4) is 11.4 Å². The highest BCUT2D eigenvalue weighted by Crippen LogP contribution is 2.28. The number of aromatic nitrogens is 4. The van der Waals surface area contributed by atoms with Crippen LogP contribution in [0, 0.1) is 13.8 Å². The number of hydrogen-bond acceptors (Lipinski definition) is 5. The first kappa shape index (κ1) is 15.6. The third kappa shape index (κ3) is 3.37. The summed E-state index contributed by atoms with van der Waals surface area (Å²) in [4.78, 5) is 0. The van der Waals surface area contributed by atoms with E-state index in [0.717, 1.165) is 27.9 Å². The van der Waals surface area contributed by atoms with Crippen molar-refractivity contribution < 1.29 is 4.74 Å². The zero-order chi connectivity index (χ0) is 16.2. The minimum absolute atomic E-state index is 0.747. The number of methoxy groups -OCH3 is 1. The Morgan fingerprint density at radius 3 is 2.74 bits per heavy atom. The largest absolute Gasteiger partial charge is 0.494 e. The molecule has 0 aliphatic carbocycles. The van der Waals surface area contributed by atoms with Gasteiger partial charge in [-0.05, 0) is 53.1 Å². The van der Waals surface area contributed by atoms with E-state index in [1.165, 1.54) is 11.1 Å². The monoisotopic (exact) mass is 326 g/mol. The van der Waals surface area contributed by atoms with Gasteiger partial charge in [-0.3, -0.25) is 0 Å². The van der Waals surface area contributed by atoms with Gasteiger partial charge in [0.1, 0.15) is 11.4 Å². The van der Waals surface area contributed by atoms with Gasteiger partial charge >= 0.3 is 0 Å². The summed E-state index contributed by atoms with van der Waals surface area (Å²) in [6.45, 7) is 4.15. The maximum atomic E-state index is 5.44. The van der Waals surface area contributed by atoms with Crippen LogP contribution in [0.1, 0.15) is 16.7 Å². The van der Waals surface area contributed by atoms with Crippen LogP contribution in [0.15, 0.2) is 47.6 Å². The minimum atomic E-state index is 0.747. The Hall–Kier alpha value is -2.34. The van der Waals surface area contributed by atoms with E-state index in [0.29, 0.717) is 0 Å². The van der Waals surface area contributed by atoms with E-state index in [2.05, 4.69) is 40.6 Å². The van der Waals surface area contributed by atoms with Crippen LogP contribution in [0.4, 0.5) is 0 Å². The predicted octanol–water partition coefficient (Wildman–Crippen LogP) is 3.58. The molecule has 3 rings (SSSR count). The first-order valence-electron chi connectivity index (χ1n) is 7.29. The standard InChI is InChI=1S/C17H18N4OS/c1-12-8-9-16(22-3)15(10-12)21-17(18-19-20-21)23-11-14-7-5-4-6-13(14)2/h4-10H,11H2,1-3H3. The van der Waals surface area contributed by atoms with E-state index in [1.807, 2.05) is 31.2 Å². The van der Waals surface area contributed by atoms with Crippen molar-refractivity contribution in [1.82, 2.24) is 20.2 Å². The van der Waals surface area contributed by atoms with Crippen LogP contribution in [0.2, 0.25) is 0 Å². The Morgan fingerprint density at radius 1 is 1.13 bits per heavy atom. The average molecular weight is 326 g/mol. The molecule has 118 valence electrons. The molecule has 6 heteroatoms. The van der Waals surface area contributed by atoms with Gasteiger partial charge in [-0.15, -0.1) is 5.10 Å². The number of benzene rings is 2. The van der Waals surface area contributed by atoms with Gasteiger partial charge in [0.25, 0.3) is 0 Å². The summed E-state index contributed by atoms with van der Waals surface area (Å²) in [6, 6.07) is 14.3. The first-order valence-corrected chi connectivity index (χ1v) is 8.28. The Labute approximate surface area is 139 Å². The van der Waals surface area contributed by atoms with Crippen molar-refractivity contribution in [2.75, 3.05) is 7.11 Å². The number of ether oxygens (including phenoxy) is 1. The molecule has 0 radical (unpaired) electrons. The van der Waals surface area contributed by atoms with Crippen LogP contribution in [-0.4, -0.2) is 27.3 Å². The van der Waals surface area contributed by atoms with Crippen molar-refractivity contribution in [3.05, 3.63) is 59.2 Å². The van der Waals surface area contributed by atoms with Crippen molar-refractivity contribution >= 4 is 11.8 Å². The van der Waals surface area contributed by atoms with E-state index >= 15 is 0 Å². The van der Waals surface area contributed by atoms with Crippen molar-refractivity contribution in [1.29, 1.82) is 0 Å². The molecule has 0 saturated heterocycles. The number of hydrogen-bond donors (Lipinski definition) is 0. The summed E-state index contributed by atoms with van der Waals surface area (Å²) in [5.41, 5.74) is 4.53. The van der Waals surface area contributed by atoms with Crippen LogP contribution in [-0.2, 0) is 5.75 Å². The molecule has 5 nitrogen and oxygen atoms in total. The molecule has 2 aromatic carbocycles. The molecule has 1 aromatic heterocycles. The molecular formula is C17H18N4OS. The van der Waals surface area contributed by atoms with Crippen LogP contribution in [0.25, 0.3) is 5.69 Å². The number of thioether (sulfide) groups is 1. The lowest BCUT2D eigenvalue weighted by atomic mass is 10.1. The molecule has 0 saturated carbocycles. The minimum Gasteiger partial charge on any atom is -0.494 e. The summed E-state index contributed by atoms with van der Waals surface area (Å²) < 4.78 is 7.17. The second kappa shape index (κ2) is 6.83. The SMILES string of the molecule is COc1ccc(C)cc1-n1nnnc1SCc1ccccc1C. The molecule has 1 heterocycles. The summed E-state index contributed by atoms with van der Waals surface area (Å²) in [5.74, 6) is 1.57. The fourth-order valence-electron chi connectivity index (χ4n) is 2.30. The van der Waals surface area contributed by atoms with Gasteiger partial charge in [0.2, 0.25) is 5.16 Å². The molecular weight excluding hydrogens is 308 g/mol. The number of rotatable bonds is 5. The maximum Gasteiger partial charge on any atom is 0.214 e. The normalized spacial score (nSPS) is 10.7. The molecule has 0 N–H and O–H groups in total. The number of aryl methyl sites for hydroxylation is 2. The molecule has 3 aromatic rings. The predicted molar refractivity (Wildman–Crippen MR) is 91.2 cm³/mol. The van der Waals surface area contributed by atoms with E-state index in [-0.39, 0.29) is 0 Å². The highest BCUT2D eigenvalue weighted by molar-refractivity contribution is 7.98. The highest BCUT2D eigenvalue weighted by atomic mass is 32.2. The van der Waals surface area contributed by atoms with Crippen LogP contribution in [0.5, 0.6) is 5.75 Å². The smallest absolute Gasteiger partial charge is 0.214 e. The summed E-state index contributed by atoms with van der Waals surface area (Å²) in [6.07, 6.45) is 0. The first-order chi connectivity index (χ1) is 11.2. The van der Waals surface area contributed by atoms with Gasteiger partial charge in [0.15, 0.2) is 0 Å². The van der Waals surface area contributed by atoms with Crippen molar-refractivity contribution in [3.63, 3.8) is 0 Å². The van der Waals surface area contributed by atoms with Gasteiger partial charge in [-0.1, -0.05) is 42.1 Å². The Balaban J connectivity index is 1.88. The average Bonchev–Trinajstić information content (AvgIpc) is 3.02. The lowest BCUT2D eigenvalue weighted by Gasteiger charge is -2.10. The van der Waals surface area contributed by atoms with Gasteiger partial charge in [-0.2, -0.15) is 4.68 Å². The van der Waals surface area contributed by atoms with E-state index < -0.39 is 0 Å². The van der Waals surface area contributed by atoms with Gasteiger partial charge < -0.3 is 4.74 Å². The molecule has 0 spiro atoms. The lowest BCUT2D eigenvalue weighted by molar-refractivity contribution is 0.410. The fraction of sp³-hybridized carbons (Fsp3) is 0.235. The molecule has 0 bridgehead atoms. The maximum absolute atomic E-state index is 5.44. The van der Waals surface area contributed by atoms with Gasteiger partial charge in [-0.25, -0.2) is 0 Å². The van der Waals surface area contributed by atoms with E-state index in [1.54, 1.807) is 23.6 Å². The Kier molecular flexibility index (Phi) is 4.62. The van der Waals surface area contributed by atoms with E-state index in [9.17, 15) is 0 Å². The second-order valence-corrected chi connectivity index (χ2v) is 6.21. The summed E-state index contributed by atoms with van der Waals surface area (Å²) >= 11 is 1.61. The van der Waals surface area contributed by atoms with Crippen LogP contribution in [0.3, 0.4) is 0 Å². The van der Waals surface area contributed by atoms with Crippen LogP contribution < -0.4 is 4.74 Å². The second-order valence-electron chi connectivity index (χ2n) is 5.26. The molecule has 0 fully saturated rings. The van der Waals surface area contributed by atoms with Gasteiger partial charge in [0.05, 0.1) is 7.11 Å². The molecule has 0 aliphatic heterocycles. The zero-order valence-electron chi connectivity index (χ0n) is 13.4. The molecule has 0 unspecified atom stereocenters. The van der Waals surface area contributed by atoms with Crippen molar-refractivity contribution in [2.45, 2.75) is 24.8 Å².